The van der Waals surface area contributed by atoms with E-state index in [-0.39, 0.29) is 5.41 Å². The van der Waals surface area contributed by atoms with Crippen molar-refractivity contribution in [1.29, 1.82) is 0 Å². The summed E-state index contributed by atoms with van der Waals surface area (Å²) in [7, 11) is 0. The molecule has 2 aliphatic rings. The summed E-state index contributed by atoms with van der Waals surface area (Å²) in [6, 6.07) is 0. The highest BCUT2D eigenvalue weighted by Gasteiger charge is 2.36. The third-order valence-electron chi connectivity index (χ3n) is 3.23. The van der Waals surface area contributed by atoms with Gasteiger partial charge >= 0.3 is 0 Å². The molecule has 0 bridgehead atoms. The van der Waals surface area contributed by atoms with Crippen molar-refractivity contribution in [2.45, 2.75) is 27.2 Å². The fourth-order valence-corrected chi connectivity index (χ4v) is 2.68. The smallest absolute Gasteiger partial charge is 0.0358 e. The van der Waals surface area contributed by atoms with Gasteiger partial charge in [0, 0.05) is 5.70 Å². The van der Waals surface area contributed by atoms with E-state index in [1.807, 2.05) is 12.2 Å². The van der Waals surface area contributed by atoms with Crippen LogP contribution < -0.4 is 5.73 Å². The first-order chi connectivity index (χ1) is 6.52. The number of hydrogen-bond acceptors (Lipinski definition) is 1. The monoisotopic (exact) mass is 187 g/mol. The maximum atomic E-state index is 6.04. The SMILES string of the molecule is CC1CC(C)(C)C2=C1C(N)=CC=C=C2. The van der Waals surface area contributed by atoms with Crippen LogP contribution in [0.15, 0.2) is 40.8 Å². The second kappa shape index (κ2) is 2.90. The second-order valence-corrected chi connectivity index (χ2v) is 4.92. The van der Waals surface area contributed by atoms with Crippen LogP contribution in [0.25, 0.3) is 0 Å². The van der Waals surface area contributed by atoms with Crippen LogP contribution in [-0.4, -0.2) is 0 Å². The van der Waals surface area contributed by atoms with Crippen LogP contribution in [0.2, 0.25) is 0 Å². The Hall–Kier alpha value is -1.20. The molecule has 2 N–H and O–H groups in total. The molecule has 2 rings (SSSR count). The molecule has 0 saturated carbocycles. The van der Waals surface area contributed by atoms with Gasteiger partial charge in [0.05, 0.1) is 0 Å². The summed E-state index contributed by atoms with van der Waals surface area (Å²) in [4.78, 5) is 0. The number of nitrogens with two attached hydrogens (primary N) is 1. The summed E-state index contributed by atoms with van der Waals surface area (Å²) in [6.07, 6.45) is 7.13. The minimum absolute atomic E-state index is 0.248. The predicted octanol–water partition coefficient (Wildman–Crippen LogP) is 2.92. The standard InChI is InChI=1S/C13H17N/c1-9-8-13(2,3)10-6-4-5-7-11(14)12(9)10/h5-7,9H,8,14H2,1-3H3. The summed E-state index contributed by atoms with van der Waals surface area (Å²) >= 11 is 0. The van der Waals surface area contributed by atoms with Crippen molar-refractivity contribution in [2.24, 2.45) is 17.1 Å². The van der Waals surface area contributed by atoms with Crippen LogP contribution >= 0.6 is 0 Å². The quantitative estimate of drug-likeness (QED) is 0.580. The Labute approximate surface area is 85.7 Å². The first-order valence-electron chi connectivity index (χ1n) is 5.15. The lowest BCUT2D eigenvalue weighted by Crippen LogP contribution is -2.09. The Morgan fingerprint density at radius 3 is 2.93 bits per heavy atom. The van der Waals surface area contributed by atoms with Gasteiger partial charge in [0.25, 0.3) is 0 Å². The molecule has 0 spiro atoms. The van der Waals surface area contributed by atoms with Gasteiger partial charge in [0.1, 0.15) is 0 Å². The van der Waals surface area contributed by atoms with Crippen molar-refractivity contribution in [3.8, 4) is 0 Å². The van der Waals surface area contributed by atoms with E-state index in [0.29, 0.717) is 5.92 Å². The van der Waals surface area contributed by atoms with E-state index in [2.05, 4.69) is 32.6 Å². The van der Waals surface area contributed by atoms with Crippen LogP contribution in [0, 0.1) is 11.3 Å². The summed E-state index contributed by atoms with van der Waals surface area (Å²) in [5.41, 5.74) is 13.1. The molecule has 1 atom stereocenters. The lowest BCUT2D eigenvalue weighted by molar-refractivity contribution is 0.407. The summed E-state index contributed by atoms with van der Waals surface area (Å²) < 4.78 is 0. The third kappa shape index (κ3) is 1.25. The zero-order valence-electron chi connectivity index (χ0n) is 9.09. The van der Waals surface area contributed by atoms with Crippen molar-refractivity contribution >= 4 is 0 Å². The first-order valence-corrected chi connectivity index (χ1v) is 5.15. The average Bonchev–Trinajstić information content (AvgIpc) is 2.24. The minimum atomic E-state index is 0.248. The molecule has 14 heavy (non-hydrogen) atoms. The number of allylic oxidation sites excluding steroid dienone is 4. The molecular formula is C13H17N. The van der Waals surface area contributed by atoms with Gasteiger partial charge < -0.3 is 5.73 Å². The number of hydrogen-bond donors (Lipinski definition) is 1. The fraction of sp³-hybridized carbons (Fsp3) is 0.462. The highest BCUT2D eigenvalue weighted by Crippen LogP contribution is 2.48. The summed E-state index contributed by atoms with van der Waals surface area (Å²) in [5, 5.41) is 0. The van der Waals surface area contributed by atoms with Gasteiger partial charge in [-0.2, -0.15) is 0 Å². The van der Waals surface area contributed by atoms with Crippen molar-refractivity contribution in [1.82, 2.24) is 0 Å². The molecular weight excluding hydrogens is 170 g/mol. The maximum absolute atomic E-state index is 6.04. The molecule has 0 aromatic heterocycles. The Kier molecular flexibility index (Phi) is 1.94. The molecule has 1 nitrogen and oxygen atoms in total. The van der Waals surface area contributed by atoms with Crippen LogP contribution in [-0.2, 0) is 0 Å². The molecule has 0 radical (unpaired) electrons. The largest absolute Gasteiger partial charge is 0.398 e. The van der Waals surface area contributed by atoms with E-state index < -0.39 is 0 Å². The molecule has 0 fully saturated rings. The Morgan fingerprint density at radius 2 is 2.21 bits per heavy atom. The normalized spacial score (nSPS) is 28.8. The van der Waals surface area contributed by atoms with Crippen molar-refractivity contribution < 1.29 is 0 Å². The van der Waals surface area contributed by atoms with E-state index >= 15 is 0 Å². The maximum Gasteiger partial charge on any atom is 0.0358 e. The fourth-order valence-electron chi connectivity index (χ4n) is 2.68. The van der Waals surface area contributed by atoms with Crippen LogP contribution in [0.3, 0.4) is 0 Å². The van der Waals surface area contributed by atoms with Crippen molar-refractivity contribution in [2.75, 3.05) is 0 Å². The van der Waals surface area contributed by atoms with E-state index in [9.17, 15) is 0 Å². The van der Waals surface area contributed by atoms with E-state index in [0.717, 1.165) is 5.70 Å². The van der Waals surface area contributed by atoms with Gasteiger partial charge in [-0.3, -0.25) is 0 Å². The molecule has 0 aromatic carbocycles. The zero-order valence-corrected chi connectivity index (χ0v) is 9.09. The van der Waals surface area contributed by atoms with Crippen LogP contribution in [0.4, 0.5) is 0 Å². The topological polar surface area (TPSA) is 26.0 Å². The highest BCUT2D eigenvalue weighted by molar-refractivity contribution is 5.49. The molecule has 0 saturated heterocycles. The van der Waals surface area contributed by atoms with Gasteiger partial charge in [-0.25, -0.2) is 0 Å². The molecule has 0 heterocycles. The minimum Gasteiger partial charge on any atom is -0.398 e. The molecule has 0 amide bonds. The molecule has 2 aliphatic carbocycles. The number of rotatable bonds is 0. The Bertz CT molecular complexity index is 387. The van der Waals surface area contributed by atoms with Crippen molar-refractivity contribution in [3.05, 3.63) is 40.8 Å². The molecule has 0 aliphatic heterocycles. The van der Waals surface area contributed by atoms with E-state index in [1.165, 1.54) is 17.6 Å². The molecule has 74 valence electrons. The van der Waals surface area contributed by atoms with Crippen LogP contribution in [0.5, 0.6) is 0 Å². The molecule has 0 aromatic rings. The zero-order chi connectivity index (χ0) is 10.3. The van der Waals surface area contributed by atoms with Gasteiger partial charge in [-0.1, -0.05) is 20.8 Å². The van der Waals surface area contributed by atoms with E-state index in [1.54, 1.807) is 0 Å². The highest BCUT2D eigenvalue weighted by atomic mass is 14.6. The van der Waals surface area contributed by atoms with Gasteiger partial charge in [-0.05, 0) is 47.1 Å². The van der Waals surface area contributed by atoms with E-state index in [4.69, 9.17) is 5.73 Å². The third-order valence-corrected chi connectivity index (χ3v) is 3.23. The summed E-state index contributed by atoms with van der Waals surface area (Å²) in [5.74, 6) is 0.570. The van der Waals surface area contributed by atoms with Crippen molar-refractivity contribution in [3.63, 3.8) is 0 Å². The van der Waals surface area contributed by atoms with Gasteiger partial charge in [0.15, 0.2) is 0 Å². The first kappa shape index (κ1) is 9.36. The van der Waals surface area contributed by atoms with Gasteiger partial charge in [-0.15, -0.1) is 5.73 Å². The second-order valence-electron chi connectivity index (χ2n) is 4.92. The van der Waals surface area contributed by atoms with Gasteiger partial charge in [0.2, 0.25) is 0 Å². The lowest BCUT2D eigenvalue weighted by atomic mass is 9.84. The molecule has 1 unspecified atom stereocenters. The predicted molar refractivity (Wildman–Crippen MR) is 59.5 cm³/mol. The molecule has 1 heteroatoms. The average molecular weight is 187 g/mol. The van der Waals surface area contributed by atoms with Crippen LogP contribution in [0.1, 0.15) is 27.2 Å². The Balaban J connectivity index is 2.61. The Morgan fingerprint density at radius 1 is 1.50 bits per heavy atom. The summed E-state index contributed by atoms with van der Waals surface area (Å²) in [6.45, 7) is 6.81. The lowest BCUT2D eigenvalue weighted by Gasteiger charge is -2.19.